The summed E-state index contributed by atoms with van der Waals surface area (Å²) in [7, 11) is 0. The van der Waals surface area contributed by atoms with Crippen LogP contribution in [0.25, 0.3) is 0 Å². The van der Waals surface area contributed by atoms with Crippen LogP contribution in [0.5, 0.6) is 5.75 Å². The predicted molar refractivity (Wildman–Crippen MR) is 107 cm³/mol. The van der Waals surface area contributed by atoms with E-state index in [4.69, 9.17) is 9.47 Å². The first kappa shape index (κ1) is 19.0. The van der Waals surface area contributed by atoms with Crippen molar-refractivity contribution in [3.8, 4) is 5.75 Å². The van der Waals surface area contributed by atoms with E-state index in [0.29, 0.717) is 32.3 Å². The van der Waals surface area contributed by atoms with Gasteiger partial charge in [-0.05, 0) is 47.7 Å². The molecular weight excluding hydrogens is 354 g/mol. The molecule has 1 fully saturated rings. The largest absolute Gasteiger partial charge is 0.491 e. The molecule has 2 aromatic rings. The van der Waals surface area contributed by atoms with Crippen LogP contribution in [0.4, 0.5) is 0 Å². The molecule has 5 heteroatoms. The lowest BCUT2D eigenvalue weighted by Gasteiger charge is -2.37. The average Bonchev–Trinajstić information content (AvgIpc) is 2.63. The smallest absolute Gasteiger partial charge is 0.335 e. The van der Waals surface area contributed by atoms with Gasteiger partial charge in [-0.15, -0.1) is 0 Å². The maximum absolute atomic E-state index is 11.4. The normalized spacial score (nSPS) is 19.0. The molecule has 0 saturated heterocycles. The van der Waals surface area contributed by atoms with Crippen molar-refractivity contribution in [2.75, 3.05) is 26.4 Å². The van der Waals surface area contributed by atoms with Gasteiger partial charge in [-0.25, -0.2) is 4.79 Å². The first-order valence-electron chi connectivity index (χ1n) is 10.1. The van der Waals surface area contributed by atoms with Crippen LogP contribution in [-0.4, -0.2) is 48.4 Å². The summed E-state index contributed by atoms with van der Waals surface area (Å²) in [6.07, 6.45) is 4.51. The number of carboxylic acids is 1. The summed E-state index contributed by atoms with van der Waals surface area (Å²) in [6, 6.07) is 14.3. The number of hydrogen-bond donors (Lipinski definition) is 1. The van der Waals surface area contributed by atoms with Crippen molar-refractivity contribution in [1.82, 2.24) is 4.90 Å². The van der Waals surface area contributed by atoms with Crippen LogP contribution in [0.2, 0.25) is 0 Å². The summed E-state index contributed by atoms with van der Waals surface area (Å²) in [5.41, 5.74) is 3.64. The van der Waals surface area contributed by atoms with Gasteiger partial charge in [0.05, 0.1) is 18.8 Å². The van der Waals surface area contributed by atoms with Gasteiger partial charge in [0.1, 0.15) is 12.4 Å². The Balaban J connectivity index is 1.62. The lowest BCUT2D eigenvalue weighted by atomic mass is 9.91. The average molecular weight is 381 g/mol. The number of rotatable bonds is 2. The number of hydrogen-bond acceptors (Lipinski definition) is 4. The fourth-order valence-electron chi connectivity index (χ4n) is 3.92. The molecule has 0 spiro atoms. The molecule has 1 saturated carbocycles. The highest BCUT2D eigenvalue weighted by Crippen LogP contribution is 2.27. The second kappa shape index (κ2) is 8.76. The second-order valence-corrected chi connectivity index (χ2v) is 7.64. The van der Waals surface area contributed by atoms with Crippen molar-refractivity contribution in [3.63, 3.8) is 0 Å². The highest BCUT2D eigenvalue weighted by Gasteiger charge is 2.25. The summed E-state index contributed by atoms with van der Waals surface area (Å²) >= 11 is 0. The maximum atomic E-state index is 11.4. The third-order valence-electron chi connectivity index (χ3n) is 5.68. The SMILES string of the molecule is O=C(O)c1ccc2c(c1)Cc1cccc(c1)CN(C1CCC1)CCOCCO2. The van der Waals surface area contributed by atoms with E-state index in [2.05, 4.69) is 29.2 Å². The van der Waals surface area contributed by atoms with Gasteiger partial charge in [-0.1, -0.05) is 30.7 Å². The molecule has 2 aromatic carbocycles. The summed E-state index contributed by atoms with van der Waals surface area (Å²) in [4.78, 5) is 13.9. The Kier molecular flexibility index (Phi) is 5.93. The van der Waals surface area contributed by atoms with Gasteiger partial charge in [-0.2, -0.15) is 0 Å². The molecule has 1 N–H and O–H groups in total. The molecular formula is C23H27NO4. The third kappa shape index (κ3) is 4.54. The van der Waals surface area contributed by atoms with Crippen molar-refractivity contribution in [3.05, 3.63) is 64.7 Å². The molecule has 148 valence electrons. The van der Waals surface area contributed by atoms with Gasteiger partial charge >= 0.3 is 5.97 Å². The number of nitrogens with zero attached hydrogens (tertiary/aromatic N) is 1. The van der Waals surface area contributed by atoms with Crippen LogP contribution in [0, 0.1) is 0 Å². The van der Waals surface area contributed by atoms with E-state index in [1.807, 2.05) is 0 Å². The van der Waals surface area contributed by atoms with E-state index in [1.54, 1.807) is 18.2 Å². The number of carbonyl (C=O) groups is 1. The molecule has 1 heterocycles. The zero-order valence-corrected chi connectivity index (χ0v) is 16.1. The summed E-state index contributed by atoms with van der Waals surface area (Å²) in [5, 5.41) is 9.35. The van der Waals surface area contributed by atoms with Crippen LogP contribution < -0.4 is 4.74 Å². The van der Waals surface area contributed by atoms with Crippen LogP contribution >= 0.6 is 0 Å². The Morgan fingerprint density at radius 3 is 2.68 bits per heavy atom. The van der Waals surface area contributed by atoms with E-state index in [0.717, 1.165) is 24.4 Å². The van der Waals surface area contributed by atoms with Crippen LogP contribution in [-0.2, 0) is 17.7 Å². The Morgan fingerprint density at radius 2 is 1.89 bits per heavy atom. The number of fused-ring (bicyclic) bond motifs is 3. The fraction of sp³-hybridized carbons (Fsp3) is 0.435. The second-order valence-electron chi connectivity index (χ2n) is 7.64. The van der Waals surface area contributed by atoms with Gasteiger partial charge in [0.15, 0.2) is 0 Å². The number of aromatic carboxylic acids is 1. The Bertz CT molecular complexity index is 831. The van der Waals surface area contributed by atoms with Crippen molar-refractivity contribution in [2.24, 2.45) is 0 Å². The molecule has 0 amide bonds. The minimum atomic E-state index is -0.921. The Labute approximate surface area is 165 Å². The van der Waals surface area contributed by atoms with Crippen molar-refractivity contribution in [2.45, 2.75) is 38.3 Å². The summed E-state index contributed by atoms with van der Waals surface area (Å²) in [5.74, 6) is -0.192. The lowest BCUT2D eigenvalue weighted by Crippen LogP contribution is -2.41. The first-order valence-corrected chi connectivity index (χ1v) is 10.1. The van der Waals surface area contributed by atoms with Gasteiger partial charge in [-0.3, -0.25) is 4.90 Å². The molecule has 5 nitrogen and oxygen atoms in total. The predicted octanol–water partition coefficient (Wildman–Crippen LogP) is 3.74. The van der Waals surface area contributed by atoms with Crippen LogP contribution in [0.1, 0.15) is 46.3 Å². The molecule has 2 aliphatic rings. The topological polar surface area (TPSA) is 59.0 Å². The van der Waals surface area contributed by atoms with Crippen LogP contribution in [0.3, 0.4) is 0 Å². The van der Waals surface area contributed by atoms with Gasteiger partial charge in [0.2, 0.25) is 0 Å². The Hall–Kier alpha value is -2.37. The lowest BCUT2D eigenvalue weighted by molar-refractivity contribution is 0.0480. The molecule has 0 unspecified atom stereocenters. The van der Waals surface area contributed by atoms with Gasteiger partial charge in [0, 0.05) is 25.6 Å². The zero-order chi connectivity index (χ0) is 19.3. The van der Waals surface area contributed by atoms with Gasteiger partial charge < -0.3 is 14.6 Å². The van der Waals surface area contributed by atoms with Gasteiger partial charge in [0.25, 0.3) is 0 Å². The van der Waals surface area contributed by atoms with E-state index < -0.39 is 5.97 Å². The monoisotopic (exact) mass is 381 g/mol. The molecule has 1 aliphatic heterocycles. The maximum Gasteiger partial charge on any atom is 0.335 e. The molecule has 28 heavy (non-hydrogen) atoms. The minimum absolute atomic E-state index is 0.284. The van der Waals surface area contributed by atoms with E-state index in [9.17, 15) is 9.90 Å². The first-order chi connectivity index (χ1) is 13.7. The molecule has 2 bridgehead atoms. The third-order valence-corrected chi connectivity index (χ3v) is 5.68. The quantitative estimate of drug-likeness (QED) is 0.859. The summed E-state index contributed by atoms with van der Waals surface area (Å²) in [6.45, 7) is 3.56. The number of benzene rings is 2. The number of ether oxygens (including phenoxy) is 2. The minimum Gasteiger partial charge on any atom is -0.491 e. The van der Waals surface area contributed by atoms with E-state index >= 15 is 0 Å². The van der Waals surface area contributed by atoms with Crippen molar-refractivity contribution < 1.29 is 19.4 Å². The molecule has 0 atom stereocenters. The zero-order valence-electron chi connectivity index (χ0n) is 16.1. The Morgan fingerprint density at radius 1 is 1.04 bits per heavy atom. The van der Waals surface area contributed by atoms with Crippen LogP contribution in [0.15, 0.2) is 42.5 Å². The van der Waals surface area contributed by atoms with Crippen molar-refractivity contribution in [1.29, 1.82) is 0 Å². The molecule has 0 aromatic heterocycles. The highest BCUT2D eigenvalue weighted by atomic mass is 16.5. The summed E-state index contributed by atoms with van der Waals surface area (Å²) < 4.78 is 11.7. The molecule has 4 rings (SSSR count). The van der Waals surface area contributed by atoms with E-state index in [-0.39, 0.29) is 5.56 Å². The highest BCUT2D eigenvalue weighted by molar-refractivity contribution is 5.88. The van der Waals surface area contributed by atoms with Crippen molar-refractivity contribution >= 4 is 5.97 Å². The molecule has 0 radical (unpaired) electrons. The standard InChI is InChI=1S/C23H27NO4/c25-23(26)19-7-8-22-20(15-19)14-17-3-1-4-18(13-17)16-24(21-5-2-6-21)9-10-27-11-12-28-22/h1,3-4,7-8,13,15,21H,2,5-6,9-12,14,16H2,(H,25,26). The fourth-order valence-corrected chi connectivity index (χ4v) is 3.92. The number of carboxylic acid groups (broad SMARTS) is 1. The molecule has 1 aliphatic carbocycles. The van der Waals surface area contributed by atoms with E-state index in [1.165, 1.54) is 30.4 Å².